The van der Waals surface area contributed by atoms with Crippen molar-refractivity contribution in [1.82, 2.24) is 9.80 Å². The van der Waals surface area contributed by atoms with Gasteiger partial charge < -0.3 is 20.6 Å². The monoisotopic (exact) mass is 337 g/mol. The van der Waals surface area contributed by atoms with Gasteiger partial charge in [0.05, 0.1) is 12.6 Å². The number of hydrogen-bond acceptors (Lipinski definition) is 4. The Morgan fingerprint density at radius 3 is 2.61 bits per heavy atom. The summed E-state index contributed by atoms with van der Waals surface area (Å²) in [5, 5.41) is 26.2. The van der Waals surface area contributed by atoms with Crippen molar-refractivity contribution in [3.05, 3.63) is 34.9 Å². The van der Waals surface area contributed by atoms with Gasteiger partial charge in [-0.2, -0.15) is 0 Å². The van der Waals surface area contributed by atoms with Gasteiger partial charge in [-0.05, 0) is 30.5 Å². The van der Waals surface area contributed by atoms with E-state index in [4.69, 9.17) is 28.2 Å². The normalized spacial score (nSPS) is 17.1. The van der Waals surface area contributed by atoms with Crippen LogP contribution in [-0.2, 0) is 6.54 Å². The Labute approximate surface area is 139 Å². The molecule has 23 heavy (non-hydrogen) atoms. The summed E-state index contributed by atoms with van der Waals surface area (Å²) in [4.78, 5) is 14.3. The van der Waals surface area contributed by atoms with Crippen LogP contribution in [0.1, 0.15) is 18.4 Å². The summed E-state index contributed by atoms with van der Waals surface area (Å²) in [6.07, 6.45) is 1.38. The van der Waals surface area contributed by atoms with Crippen molar-refractivity contribution < 1.29 is 9.90 Å². The highest BCUT2D eigenvalue weighted by Gasteiger charge is 2.34. The minimum absolute atomic E-state index is 0.0929. The fourth-order valence-corrected chi connectivity index (χ4v) is 2.80. The van der Waals surface area contributed by atoms with Crippen LogP contribution in [0.15, 0.2) is 24.3 Å². The zero-order valence-corrected chi connectivity index (χ0v) is 13.4. The Morgan fingerprint density at radius 2 is 2.04 bits per heavy atom. The Kier molecular flexibility index (Phi) is 5.57. The van der Waals surface area contributed by atoms with Crippen molar-refractivity contribution in [3.63, 3.8) is 0 Å². The predicted molar refractivity (Wildman–Crippen MR) is 88.8 cm³/mol. The lowest BCUT2D eigenvalue weighted by Crippen LogP contribution is -2.51. The summed E-state index contributed by atoms with van der Waals surface area (Å²) in [7, 11) is 0. The molecule has 0 unspecified atom stereocenters. The fourth-order valence-electron chi connectivity index (χ4n) is 2.68. The first-order chi connectivity index (χ1) is 10.9. The van der Waals surface area contributed by atoms with Gasteiger partial charge in [-0.1, -0.05) is 23.7 Å². The Bertz CT molecular complexity index is 604. The van der Waals surface area contributed by atoms with Crippen molar-refractivity contribution >= 4 is 29.3 Å². The molecule has 5 N–H and O–H groups in total. The van der Waals surface area contributed by atoms with Crippen LogP contribution in [0, 0.1) is 10.8 Å². The standard InChI is InChI=1S/C15H20ClN5O2/c16-11-5-3-10(4-6-11)8-21(13(17)9-22)14(18)12-2-1-7-20(12)15(19)23/h3-6,12,17-18,22H,1-2,7-9H2,(H2,19,23)/t12-/m1/s1. The van der Waals surface area contributed by atoms with Gasteiger partial charge in [0.1, 0.15) is 18.3 Å². The van der Waals surface area contributed by atoms with Gasteiger partial charge in [-0.25, -0.2) is 4.79 Å². The number of aliphatic hydroxyl groups excluding tert-OH is 1. The average Bonchev–Trinajstić information content (AvgIpc) is 3.03. The molecule has 1 saturated heterocycles. The van der Waals surface area contributed by atoms with E-state index >= 15 is 0 Å². The summed E-state index contributed by atoms with van der Waals surface area (Å²) in [6, 6.07) is 6.02. The van der Waals surface area contributed by atoms with Gasteiger partial charge in [0.15, 0.2) is 0 Å². The number of nitrogens with zero attached hydrogens (tertiary/aromatic N) is 2. The lowest BCUT2D eigenvalue weighted by Gasteiger charge is -2.32. The van der Waals surface area contributed by atoms with Crippen LogP contribution in [0.25, 0.3) is 0 Å². The number of carbonyl (C=O) groups excluding carboxylic acids is 1. The second-order valence-electron chi connectivity index (χ2n) is 5.39. The maximum absolute atomic E-state index is 11.5. The van der Waals surface area contributed by atoms with Crippen LogP contribution in [0.5, 0.6) is 0 Å². The molecule has 0 radical (unpaired) electrons. The van der Waals surface area contributed by atoms with Crippen molar-refractivity contribution in [2.24, 2.45) is 5.73 Å². The number of benzene rings is 1. The second-order valence-corrected chi connectivity index (χ2v) is 5.83. The molecular weight excluding hydrogens is 318 g/mol. The lowest BCUT2D eigenvalue weighted by atomic mass is 10.1. The van der Waals surface area contributed by atoms with Gasteiger partial charge in [-0.15, -0.1) is 0 Å². The zero-order chi connectivity index (χ0) is 17.0. The lowest BCUT2D eigenvalue weighted by molar-refractivity contribution is 0.210. The van der Waals surface area contributed by atoms with E-state index in [1.54, 1.807) is 24.3 Å². The van der Waals surface area contributed by atoms with E-state index in [2.05, 4.69) is 0 Å². The number of primary amides is 1. The molecule has 1 aliphatic heterocycles. The summed E-state index contributed by atoms with van der Waals surface area (Å²) in [5.74, 6) is -0.00318. The van der Waals surface area contributed by atoms with Crippen LogP contribution >= 0.6 is 11.6 Å². The first-order valence-corrected chi connectivity index (χ1v) is 7.66. The van der Waals surface area contributed by atoms with E-state index in [1.807, 2.05) is 0 Å². The molecule has 0 bridgehead atoms. The molecule has 2 amide bonds. The molecule has 0 saturated carbocycles. The molecular formula is C15H20ClN5O2. The first kappa shape index (κ1) is 17.2. The number of halogens is 1. The molecule has 1 fully saturated rings. The minimum Gasteiger partial charge on any atom is -0.388 e. The summed E-state index contributed by atoms with van der Waals surface area (Å²) in [5.41, 5.74) is 6.21. The number of hydrogen-bond donors (Lipinski definition) is 4. The molecule has 8 heteroatoms. The van der Waals surface area contributed by atoms with E-state index in [0.717, 1.165) is 12.0 Å². The van der Waals surface area contributed by atoms with Crippen LogP contribution in [0.2, 0.25) is 5.02 Å². The second kappa shape index (κ2) is 7.43. The molecule has 0 aliphatic carbocycles. The number of amidine groups is 2. The number of aliphatic hydroxyl groups is 1. The zero-order valence-electron chi connectivity index (χ0n) is 12.6. The molecule has 1 atom stereocenters. The number of nitrogens with two attached hydrogens (primary N) is 1. The largest absolute Gasteiger partial charge is 0.388 e. The Morgan fingerprint density at radius 1 is 1.39 bits per heavy atom. The quantitative estimate of drug-likeness (QED) is 0.494. The van der Waals surface area contributed by atoms with Gasteiger partial charge >= 0.3 is 6.03 Å². The molecule has 7 nitrogen and oxygen atoms in total. The van der Waals surface area contributed by atoms with Gasteiger partial charge in [0.25, 0.3) is 0 Å². The maximum Gasteiger partial charge on any atom is 0.315 e. The van der Waals surface area contributed by atoms with Crippen LogP contribution in [0.3, 0.4) is 0 Å². The highest BCUT2D eigenvalue weighted by atomic mass is 35.5. The third kappa shape index (κ3) is 4.00. The van der Waals surface area contributed by atoms with Gasteiger partial charge in [-0.3, -0.25) is 10.8 Å². The number of urea groups is 1. The van der Waals surface area contributed by atoms with Crippen LogP contribution in [0.4, 0.5) is 4.79 Å². The van der Waals surface area contributed by atoms with Crippen molar-refractivity contribution in [2.75, 3.05) is 13.2 Å². The average molecular weight is 338 g/mol. The van der Waals surface area contributed by atoms with E-state index < -0.39 is 18.7 Å². The highest BCUT2D eigenvalue weighted by Crippen LogP contribution is 2.21. The van der Waals surface area contributed by atoms with Crippen LogP contribution in [-0.4, -0.2) is 51.8 Å². The van der Waals surface area contributed by atoms with E-state index in [0.29, 0.717) is 18.0 Å². The smallest absolute Gasteiger partial charge is 0.315 e. The molecule has 1 aliphatic rings. The third-order valence-corrected chi connectivity index (χ3v) is 4.12. The highest BCUT2D eigenvalue weighted by molar-refractivity contribution is 6.30. The number of amides is 2. The van der Waals surface area contributed by atoms with Gasteiger partial charge in [0.2, 0.25) is 0 Å². The molecule has 0 aromatic heterocycles. The molecule has 1 heterocycles. The van der Waals surface area contributed by atoms with Gasteiger partial charge in [0, 0.05) is 11.6 Å². The molecule has 1 aromatic rings. The number of nitrogens with one attached hydrogen (secondary N) is 2. The first-order valence-electron chi connectivity index (χ1n) is 7.28. The number of carbonyl (C=O) groups is 1. The van der Waals surface area contributed by atoms with Crippen molar-refractivity contribution in [2.45, 2.75) is 25.4 Å². The predicted octanol–water partition coefficient (Wildman–Crippen LogP) is 1.63. The molecule has 1 aromatic carbocycles. The summed E-state index contributed by atoms with van der Waals surface area (Å²) < 4.78 is 0. The Hall–Kier alpha value is -2.12. The molecule has 124 valence electrons. The third-order valence-electron chi connectivity index (χ3n) is 3.87. The van der Waals surface area contributed by atoms with E-state index in [1.165, 1.54) is 9.80 Å². The van der Waals surface area contributed by atoms with E-state index in [9.17, 15) is 9.90 Å². The van der Waals surface area contributed by atoms with Crippen LogP contribution < -0.4 is 5.73 Å². The van der Waals surface area contributed by atoms with Crippen molar-refractivity contribution in [3.8, 4) is 0 Å². The van der Waals surface area contributed by atoms with E-state index in [-0.39, 0.29) is 18.2 Å². The summed E-state index contributed by atoms with van der Waals surface area (Å²) >= 11 is 5.86. The summed E-state index contributed by atoms with van der Waals surface area (Å²) in [6.45, 7) is 0.265. The number of likely N-dealkylation sites (tertiary alicyclic amines) is 1. The number of rotatable bonds is 4. The maximum atomic E-state index is 11.5. The fraction of sp³-hybridized carbons (Fsp3) is 0.400. The van der Waals surface area contributed by atoms with Crippen molar-refractivity contribution in [1.29, 1.82) is 10.8 Å². The molecule has 2 rings (SSSR count). The molecule has 0 spiro atoms. The minimum atomic E-state index is -0.570. The SMILES string of the molecule is N=C(CO)N(Cc1ccc(Cl)cc1)C(=N)[C@H]1CCCN1C(N)=O. The Balaban J connectivity index is 2.20. The topological polar surface area (TPSA) is 118 Å².